The molecule has 0 amide bonds. The molecule has 74 valence electrons. The van der Waals surface area contributed by atoms with Crippen molar-refractivity contribution >= 4 is 5.97 Å². The van der Waals surface area contributed by atoms with Crippen LogP contribution >= 0.6 is 0 Å². The third-order valence-electron chi connectivity index (χ3n) is 1.73. The zero-order valence-electron chi connectivity index (χ0n) is 8.06. The molecule has 13 heavy (non-hydrogen) atoms. The van der Waals surface area contributed by atoms with Gasteiger partial charge in [-0.1, -0.05) is 0 Å². The lowest BCUT2D eigenvalue weighted by molar-refractivity contribution is -0.169. The van der Waals surface area contributed by atoms with Crippen molar-refractivity contribution in [2.45, 2.75) is 6.35 Å². The first kappa shape index (κ1) is 9.85. The van der Waals surface area contributed by atoms with Gasteiger partial charge in [0.2, 0.25) is 0 Å². The maximum atomic E-state index is 11.1. The molecule has 5 nitrogen and oxygen atoms in total. The predicted molar refractivity (Wildman–Crippen MR) is 46.4 cm³/mol. The highest BCUT2D eigenvalue weighted by Gasteiger charge is 2.23. The second kappa shape index (κ2) is 4.13. The van der Waals surface area contributed by atoms with Crippen molar-refractivity contribution in [2.24, 2.45) is 0 Å². The Hall–Kier alpha value is -1.23. The van der Waals surface area contributed by atoms with E-state index in [-0.39, 0.29) is 18.9 Å². The Morgan fingerprint density at radius 2 is 1.92 bits per heavy atom. The molecule has 0 radical (unpaired) electrons. The maximum absolute atomic E-state index is 11.1. The topological polar surface area (TPSA) is 42.0 Å². The van der Waals surface area contributed by atoms with E-state index in [4.69, 9.17) is 4.74 Å². The van der Waals surface area contributed by atoms with Crippen molar-refractivity contribution in [3.63, 3.8) is 0 Å². The molecule has 0 aromatic carbocycles. The minimum atomic E-state index is -0.366. The van der Waals surface area contributed by atoms with Crippen molar-refractivity contribution in [2.75, 3.05) is 27.8 Å². The van der Waals surface area contributed by atoms with Crippen LogP contribution in [-0.2, 0) is 14.3 Å². The quantitative estimate of drug-likeness (QED) is 0.571. The Morgan fingerprint density at radius 1 is 1.38 bits per heavy atom. The molecule has 0 aliphatic carbocycles. The van der Waals surface area contributed by atoms with Gasteiger partial charge >= 0.3 is 5.97 Å². The smallest absolute Gasteiger partial charge is 0.335 e. The summed E-state index contributed by atoms with van der Waals surface area (Å²) in [6, 6.07) is 0. The number of ether oxygens (including phenoxy) is 2. The Kier molecular flexibility index (Phi) is 3.13. The molecule has 0 fully saturated rings. The van der Waals surface area contributed by atoms with Crippen molar-refractivity contribution in [1.29, 1.82) is 0 Å². The molecule has 5 heteroatoms. The summed E-state index contributed by atoms with van der Waals surface area (Å²) < 4.78 is 9.75. The van der Waals surface area contributed by atoms with E-state index in [1.807, 2.05) is 26.5 Å². The third kappa shape index (κ3) is 2.35. The predicted octanol–water partition coefficient (Wildman–Crippen LogP) is -0.192. The minimum Gasteiger partial charge on any atom is -0.421 e. The first-order chi connectivity index (χ1) is 6.15. The fourth-order valence-corrected chi connectivity index (χ4v) is 1.08. The summed E-state index contributed by atoms with van der Waals surface area (Å²) in [4.78, 5) is 14.7. The number of carbonyl (C=O) groups is 1. The summed E-state index contributed by atoms with van der Waals surface area (Å²) in [5.41, 5.74) is 0. The van der Waals surface area contributed by atoms with E-state index in [0.717, 1.165) is 0 Å². The van der Waals surface area contributed by atoms with Crippen LogP contribution in [0.15, 0.2) is 12.4 Å². The Bertz CT molecular complexity index is 205. The molecule has 0 aromatic rings. The van der Waals surface area contributed by atoms with Gasteiger partial charge in [-0.2, -0.15) is 0 Å². The first-order valence-electron chi connectivity index (χ1n) is 3.95. The number of carbonyl (C=O) groups excluding carboxylic acids is 1. The SMILES string of the molecule is COCC(=O)OC1N(C)C=CN1C. The van der Waals surface area contributed by atoms with Crippen molar-refractivity contribution in [3.05, 3.63) is 12.4 Å². The molecule has 1 aliphatic rings. The maximum Gasteiger partial charge on any atom is 0.335 e. The van der Waals surface area contributed by atoms with Crippen molar-refractivity contribution in [1.82, 2.24) is 9.80 Å². The van der Waals surface area contributed by atoms with E-state index in [9.17, 15) is 4.79 Å². The van der Waals surface area contributed by atoms with Crippen LogP contribution in [0.3, 0.4) is 0 Å². The van der Waals surface area contributed by atoms with Crippen molar-refractivity contribution < 1.29 is 14.3 Å². The number of hydrogen-bond donors (Lipinski definition) is 0. The van der Waals surface area contributed by atoms with Gasteiger partial charge in [0.15, 0.2) is 0 Å². The van der Waals surface area contributed by atoms with Gasteiger partial charge in [-0.3, -0.25) is 0 Å². The standard InChI is InChI=1S/C8H14N2O3/c1-9-4-5-10(2)8(9)13-7(11)6-12-3/h4-5,8H,6H2,1-3H3. The molecule has 1 aliphatic heterocycles. The van der Waals surface area contributed by atoms with Gasteiger partial charge in [-0.05, 0) is 0 Å². The summed E-state index contributed by atoms with van der Waals surface area (Å²) in [6.07, 6.45) is 3.33. The van der Waals surface area contributed by atoms with Gasteiger partial charge < -0.3 is 19.3 Å². The zero-order valence-corrected chi connectivity index (χ0v) is 8.06. The average molecular weight is 186 g/mol. The highest BCUT2D eigenvalue weighted by Crippen LogP contribution is 2.12. The highest BCUT2D eigenvalue weighted by atomic mass is 16.6. The van der Waals surface area contributed by atoms with E-state index in [2.05, 4.69) is 4.74 Å². The average Bonchev–Trinajstić information content (AvgIpc) is 2.36. The number of hydrogen-bond acceptors (Lipinski definition) is 5. The van der Waals surface area contributed by atoms with E-state index < -0.39 is 0 Å². The van der Waals surface area contributed by atoms with Crippen LogP contribution in [0.5, 0.6) is 0 Å². The van der Waals surface area contributed by atoms with E-state index in [1.54, 1.807) is 9.80 Å². The second-order valence-corrected chi connectivity index (χ2v) is 2.88. The molecule has 0 N–H and O–H groups in total. The fraction of sp³-hybridized carbons (Fsp3) is 0.625. The molecule has 1 rings (SSSR count). The Labute approximate surface area is 77.5 Å². The number of methoxy groups -OCH3 is 1. The lowest BCUT2D eigenvalue weighted by Gasteiger charge is -2.26. The van der Waals surface area contributed by atoms with Crippen molar-refractivity contribution in [3.8, 4) is 0 Å². The Balaban J connectivity index is 2.40. The number of esters is 1. The van der Waals surface area contributed by atoms with Crippen LogP contribution in [0.4, 0.5) is 0 Å². The molecule has 0 unspecified atom stereocenters. The van der Waals surface area contributed by atoms with E-state index in [1.165, 1.54) is 7.11 Å². The summed E-state index contributed by atoms with van der Waals surface area (Å²) >= 11 is 0. The van der Waals surface area contributed by atoms with Crippen LogP contribution in [0, 0.1) is 0 Å². The lowest BCUT2D eigenvalue weighted by atomic mass is 10.7. The summed E-state index contributed by atoms with van der Waals surface area (Å²) in [5.74, 6) is -0.366. The van der Waals surface area contributed by atoms with Gasteiger partial charge in [0.1, 0.15) is 6.61 Å². The molecule has 0 saturated heterocycles. The number of nitrogens with zero attached hydrogens (tertiary/aromatic N) is 2. The molecule has 1 heterocycles. The zero-order chi connectivity index (χ0) is 9.84. The number of rotatable bonds is 3. The van der Waals surface area contributed by atoms with E-state index in [0.29, 0.717) is 0 Å². The van der Waals surface area contributed by atoms with Crippen LogP contribution in [0.1, 0.15) is 0 Å². The van der Waals surface area contributed by atoms with E-state index >= 15 is 0 Å². The largest absolute Gasteiger partial charge is 0.421 e. The second-order valence-electron chi connectivity index (χ2n) is 2.88. The lowest BCUT2D eigenvalue weighted by Crippen LogP contribution is -2.39. The van der Waals surface area contributed by atoms with Crippen LogP contribution < -0.4 is 0 Å². The molecular weight excluding hydrogens is 172 g/mol. The van der Waals surface area contributed by atoms with Crippen LogP contribution in [-0.4, -0.2) is 49.9 Å². The normalized spacial score (nSPS) is 16.8. The molecule has 0 atom stereocenters. The molecule has 0 spiro atoms. The summed E-state index contributed by atoms with van der Waals surface area (Å²) in [6.45, 7) is -0.0157. The van der Waals surface area contributed by atoms with Crippen LogP contribution in [0.2, 0.25) is 0 Å². The summed E-state index contributed by atoms with van der Waals surface area (Å²) in [5, 5.41) is 0. The summed E-state index contributed by atoms with van der Waals surface area (Å²) in [7, 11) is 5.14. The van der Waals surface area contributed by atoms with Gasteiger partial charge in [0.25, 0.3) is 6.35 Å². The third-order valence-corrected chi connectivity index (χ3v) is 1.73. The highest BCUT2D eigenvalue weighted by molar-refractivity contribution is 5.70. The molecular formula is C8H14N2O3. The monoisotopic (exact) mass is 186 g/mol. The Morgan fingerprint density at radius 3 is 2.38 bits per heavy atom. The van der Waals surface area contributed by atoms with Gasteiger partial charge in [0.05, 0.1) is 0 Å². The first-order valence-corrected chi connectivity index (χ1v) is 3.95. The van der Waals surface area contributed by atoms with Crippen LogP contribution in [0.25, 0.3) is 0 Å². The molecule has 0 saturated carbocycles. The van der Waals surface area contributed by atoms with Gasteiger partial charge in [0, 0.05) is 33.6 Å². The molecule has 0 aromatic heterocycles. The minimum absolute atomic E-state index is 0.0157. The van der Waals surface area contributed by atoms with Gasteiger partial charge in [-0.25, -0.2) is 4.79 Å². The molecule has 0 bridgehead atoms. The van der Waals surface area contributed by atoms with Gasteiger partial charge in [-0.15, -0.1) is 0 Å². The fourth-order valence-electron chi connectivity index (χ4n) is 1.08.